The summed E-state index contributed by atoms with van der Waals surface area (Å²) in [6.07, 6.45) is 5.75. The van der Waals surface area contributed by atoms with Crippen molar-refractivity contribution >= 4 is 11.7 Å². The number of halogens is 1. The van der Waals surface area contributed by atoms with E-state index in [2.05, 4.69) is 15.3 Å². The molecular weight excluding hydrogens is 411 g/mol. The highest BCUT2D eigenvalue weighted by Gasteiger charge is 2.50. The Morgan fingerprint density at radius 1 is 1.12 bits per heavy atom. The van der Waals surface area contributed by atoms with E-state index in [0.717, 1.165) is 11.6 Å². The maximum Gasteiger partial charge on any atom is 0.226 e. The quantitative estimate of drug-likeness (QED) is 0.543. The molecule has 0 unspecified atom stereocenters. The van der Waals surface area contributed by atoms with Crippen LogP contribution in [0.15, 0.2) is 61.2 Å². The van der Waals surface area contributed by atoms with E-state index in [0.29, 0.717) is 30.7 Å². The lowest BCUT2D eigenvalue weighted by atomic mass is 9.95. The van der Waals surface area contributed by atoms with Crippen molar-refractivity contribution in [2.24, 2.45) is 5.41 Å². The molecule has 0 radical (unpaired) electrons. The van der Waals surface area contributed by atoms with Crippen molar-refractivity contribution in [3.8, 4) is 17.6 Å². The molecule has 0 bridgehead atoms. The molecule has 1 fully saturated rings. The Labute approximate surface area is 183 Å². The van der Waals surface area contributed by atoms with Crippen molar-refractivity contribution in [1.82, 2.24) is 15.3 Å². The first-order valence-electron chi connectivity index (χ1n) is 10.0. The van der Waals surface area contributed by atoms with Crippen LogP contribution < -0.4 is 10.1 Å². The van der Waals surface area contributed by atoms with Gasteiger partial charge < -0.3 is 10.1 Å². The number of hydrogen-bond donors (Lipinski definition) is 1. The number of nitrogens with one attached hydrogen (secondary N) is 1. The fourth-order valence-electron chi connectivity index (χ4n) is 3.34. The van der Waals surface area contributed by atoms with Gasteiger partial charge in [-0.25, -0.2) is 14.4 Å². The van der Waals surface area contributed by atoms with E-state index in [-0.39, 0.29) is 29.4 Å². The van der Waals surface area contributed by atoms with Gasteiger partial charge in [0.15, 0.2) is 5.78 Å². The van der Waals surface area contributed by atoms with Crippen LogP contribution in [0.4, 0.5) is 4.39 Å². The van der Waals surface area contributed by atoms with Crippen LogP contribution in [0.1, 0.15) is 40.7 Å². The smallest absolute Gasteiger partial charge is 0.226 e. The van der Waals surface area contributed by atoms with Gasteiger partial charge in [-0.15, -0.1) is 0 Å². The average molecular weight is 430 g/mol. The number of nitriles is 1. The van der Waals surface area contributed by atoms with Crippen LogP contribution in [0.5, 0.6) is 11.5 Å². The van der Waals surface area contributed by atoms with Crippen molar-refractivity contribution < 1.29 is 18.7 Å². The lowest BCUT2D eigenvalue weighted by Crippen LogP contribution is -2.33. The summed E-state index contributed by atoms with van der Waals surface area (Å²) >= 11 is 0. The van der Waals surface area contributed by atoms with Gasteiger partial charge in [0.1, 0.15) is 29.7 Å². The summed E-state index contributed by atoms with van der Waals surface area (Å²) in [7, 11) is 0. The van der Waals surface area contributed by atoms with E-state index in [1.54, 1.807) is 24.3 Å². The molecule has 2 aromatic carbocycles. The van der Waals surface area contributed by atoms with Crippen LogP contribution in [0.2, 0.25) is 0 Å². The maximum absolute atomic E-state index is 13.3. The van der Waals surface area contributed by atoms with E-state index in [9.17, 15) is 14.0 Å². The van der Waals surface area contributed by atoms with E-state index >= 15 is 0 Å². The molecule has 1 heterocycles. The number of nitrogens with zero attached hydrogens (tertiary/aromatic N) is 3. The van der Waals surface area contributed by atoms with Crippen LogP contribution in [-0.2, 0) is 11.3 Å². The number of ketones is 1. The van der Waals surface area contributed by atoms with E-state index in [1.807, 2.05) is 6.07 Å². The van der Waals surface area contributed by atoms with Gasteiger partial charge in [0.2, 0.25) is 5.91 Å². The number of Topliss-reactive ketones (excluding diaryl/α,β-unsaturated/α-hetero) is 1. The summed E-state index contributed by atoms with van der Waals surface area (Å²) in [5, 5.41) is 12.0. The number of amides is 1. The molecule has 32 heavy (non-hydrogen) atoms. The first kappa shape index (κ1) is 21.1. The molecule has 8 heteroatoms. The second kappa shape index (κ2) is 8.94. The minimum atomic E-state index is -0.660. The van der Waals surface area contributed by atoms with Gasteiger partial charge in [-0.2, -0.15) is 5.26 Å². The number of benzene rings is 2. The van der Waals surface area contributed by atoms with Crippen LogP contribution >= 0.6 is 0 Å². The average Bonchev–Trinajstić information content (AvgIpc) is 3.60. The van der Waals surface area contributed by atoms with Crippen molar-refractivity contribution in [2.75, 3.05) is 0 Å². The normalized spacial score (nSPS) is 13.6. The largest absolute Gasteiger partial charge is 0.456 e. The summed E-state index contributed by atoms with van der Waals surface area (Å²) in [6, 6.07) is 12.6. The molecule has 3 aromatic rings. The molecule has 4 rings (SSSR count). The molecule has 0 saturated heterocycles. The minimum absolute atomic E-state index is 0.104. The van der Waals surface area contributed by atoms with Crippen LogP contribution in [0, 0.1) is 22.6 Å². The van der Waals surface area contributed by atoms with Gasteiger partial charge in [0, 0.05) is 25.4 Å². The van der Waals surface area contributed by atoms with Crippen LogP contribution in [-0.4, -0.2) is 21.7 Å². The number of carbonyl (C=O) groups is 2. The van der Waals surface area contributed by atoms with Crippen molar-refractivity contribution in [2.45, 2.75) is 25.8 Å². The molecule has 1 amide bonds. The Hall–Kier alpha value is -4.12. The van der Waals surface area contributed by atoms with Crippen molar-refractivity contribution in [1.29, 1.82) is 5.26 Å². The monoisotopic (exact) mass is 430 g/mol. The number of ether oxygens (including phenoxy) is 1. The third-order valence-electron chi connectivity index (χ3n) is 5.38. The molecule has 0 spiro atoms. The van der Waals surface area contributed by atoms with Crippen molar-refractivity contribution in [3.63, 3.8) is 0 Å². The SMILES string of the molecule is N#Cc1cc(F)ccc1Oc1ccc(CNC(=O)C2(CC(=O)c3cncnc3)CC2)cc1. The molecule has 0 atom stereocenters. The Kier molecular flexibility index (Phi) is 5.90. The highest BCUT2D eigenvalue weighted by atomic mass is 19.1. The Morgan fingerprint density at radius 2 is 1.84 bits per heavy atom. The fourth-order valence-corrected chi connectivity index (χ4v) is 3.34. The predicted octanol–water partition coefficient (Wildman–Crippen LogP) is 3.95. The molecule has 1 aliphatic rings. The van der Waals surface area contributed by atoms with Gasteiger partial charge >= 0.3 is 0 Å². The van der Waals surface area contributed by atoms with Crippen LogP contribution in [0.25, 0.3) is 0 Å². The first-order valence-corrected chi connectivity index (χ1v) is 10.0. The molecule has 1 aromatic heterocycles. The second-order valence-corrected chi connectivity index (χ2v) is 7.69. The predicted molar refractivity (Wildman–Crippen MR) is 112 cm³/mol. The third-order valence-corrected chi connectivity index (χ3v) is 5.38. The summed E-state index contributed by atoms with van der Waals surface area (Å²) in [5.41, 5.74) is 0.700. The minimum Gasteiger partial charge on any atom is -0.456 e. The summed E-state index contributed by atoms with van der Waals surface area (Å²) < 4.78 is 18.9. The van der Waals surface area contributed by atoms with Crippen molar-refractivity contribution in [3.05, 3.63) is 83.7 Å². The third kappa shape index (κ3) is 4.78. The lowest BCUT2D eigenvalue weighted by Gasteiger charge is -2.15. The number of hydrogen-bond acceptors (Lipinski definition) is 6. The summed E-state index contributed by atoms with van der Waals surface area (Å²) in [4.78, 5) is 32.8. The molecule has 7 nitrogen and oxygen atoms in total. The number of carbonyl (C=O) groups excluding carboxylic acids is 2. The lowest BCUT2D eigenvalue weighted by molar-refractivity contribution is -0.126. The maximum atomic E-state index is 13.3. The Balaban J connectivity index is 1.33. The zero-order chi connectivity index (χ0) is 22.6. The first-order chi connectivity index (χ1) is 15.5. The second-order valence-electron chi connectivity index (χ2n) is 7.69. The van der Waals surface area contributed by atoms with Gasteiger partial charge in [-0.1, -0.05) is 12.1 Å². The number of rotatable bonds is 8. The van der Waals surface area contributed by atoms with Gasteiger partial charge in [-0.05, 0) is 48.7 Å². The fraction of sp³-hybridized carbons (Fsp3) is 0.208. The molecular formula is C24H19FN4O3. The molecule has 0 aliphatic heterocycles. The Morgan fingerprint density at radius 3 is 2.50 bits per heavy atom. The van der Waals surface area contributed by atoms with Gasteiger partial charge in [-0.3, -0.25) is 9.59 Å². The van der Waals surface area contributed by atoms with E-state index < -0.39 is 11.2 Å². The molecule has 1 saturated carbocycles. The molecule has 1 N–H and O–H groups in total. The molecule has 160 valence electrons. The van der Waals surface area contributed by atoms with E-state index in [1.165, 1.54) is 30.9 Å². The standard InChI is InChI=1S/C24H19FN4O3/c25-19-3-6-22(17(9-19)11-26)32-20-4-1-16(2-5-20)12-29-23(31)24(7-8-24)10-21(30)18-13-27-15-28-14-18/h1-6,9,13-15H,7-8,10,12H2,(H,29,31). The highest BCUT2D eigenvalue weighted by Crippen LogP contribution is 2.49. The van der Waals surface area contributed by atoms with Crippen LogP contribution in [0.3, 0.4) is 0 Å². The zero-order valence-corrected chi connectivity index (χ0v) is 17.0. The zero-order valence-electron chi connectivity index (χ0n) is 17.0. The van der Waals surface area contributed by atoms with Gasteiger partial charge in [0.05, 0.1) is 16.5 Å². The molecule has 1 aliphatic carbocycles. The number of aromatic nitrogens is 2. The summed E-state index contributed by atoms with van der Waals surface area (Å²) in [6.45, 7) is 0.309. The summed E-state index contributed by atoms with van der Waals surface area (Å²) in [5.74, 6) is -0.0471. The topological polar surface area (TPSA) is 105 Å². The van der Waals surface area contributed by atoms with Gasteiger partial charge in [0.25, 0.3) is 0 Å². The Bertz CT molecular complexity index is 1190. The highest BCUT2D eigenvalue weighted by molar-refractivity contribution is 6.00. The van der Waals surface area contributed by atoms with E-state index in [4.69, 9.17) is 10.00 Å².